The molecule has 0 aromatic heterocycles. The second kappa shape index (κ2) is 6.07. The first-order chi connectivity index (χ1) is 9.77. The highest BCUT2D eigenvalue weighted by molar-refractivity contribution is 7.88. The van der Waals surface area contributed by atoms with Crippen LogP contribution < -0.4 is 5.32 Å². The van der Waals surface area contributed by atoms with Crippen LogP contribution in [0.3, 0.4) is 0 Å². The van der Waals surface area contributed by atoms with Crippen molar-refractivity contribution in [3.63, 3.8) is 0 Å². The van der Waals surface area contributed by atoms with Crippen molar-refractivity contribution in [1.82, 2.24) is 4.31 Å². The molecular weight excluding hydrogens is 302 g/mol. The standard InChI is InChI=1S/C13H16F2N2O3S/c1-21(19,20)17(10-3-4-10)7-6-13(18)16-9-2-5-11(14)12(15)8-9/h2,5,8,10H,3-4,6-7H2,1H3,(H,16,18). The molecule has 116 valence electrons. The van der Waals surface area contributed by atoms with Gasteiger partial charge in [-0.05, 0) is 25.0 Å². The highest BCUT2D eigenvalue weighted by atomic mass is 32.2. The number of halogens is 2. The number of benzene rings is 1. The number of amides is 1. The van der Waals surface area contributed by atoms with Gasteiger partial charge in [-0.25, -0.2) is 17.2 Å². The summed E-state index contributed by atoms with van der Waals surface area (Å²) < 4.78 is 50.2. The average Bonchev–Trinajstić information content (AvgIpc) is 3.17. The van der Waals surface area contributed by atoms with Crippen LogP contribution in [0.4, 0.5) is 14.5 Å². The van der Waals surface area contributed by atoms with E-state index in [-0.39, 0.29) is 24.7 Å². The zero-order valence-corrected chi connectivity index (χ0v) is 12.3. The molecular formula is C13H16F2N2O3S. The van der Waals surface area contributed by atoms with Crippen LogP contribution in [0.2, 0.25) is 0 Å². The third kappa shape index (κ3) is 4.47. The van der Waals surface area contributed by atoms with E-state index in [0.717, 1.165) is 31.2 Å². The van der Waals surface area contributed by atoms with E-state index in [1.165, 1.54) is 10.4 Å². The van der Waals surface area contributed by atoms with E-state index in [1.807, 2.05) is 0 Å². The van der Waals surface area contributed by atoms with Crippen LogP contribution in [0, 0.1) is 11.6 Å². The largest absolute Gasteiger partial charge is 0.326 e. The maximum Gasteiger partial charge on any atom is 0.225 e. The maximum atomic E-state index is 13.0. The lowest BCUT2D eigenvalue weighted by molar-refractivity contribution is -0.116. The summed E-state index contributed by atoms with van der Waals surface area (Å²) in [6, 6.07) is 3.02. The minimum Gasteiger partial charge on any atom is -0.326 e. The van der Waals surface area contributed by atoms with E-state index in [0.29, 0.717) is 0 Å². The zero-order valence-electron chi connectivity index (χ0n) is 11.5. The van der Waals surface area contributed by atoms with Gasteiger partial charge in [0.1, 0.15) is 0 Å². The summed E-state index contributed by atoms with van der Waals surface area (Å²) >= 11 is 0. The Labute approximate surface area is 122 Å². The summed E-state index contributed by atoms with van der Waals surface area (Å²) in [6.45, 7) is 0.0824. The smallest absolute Gasteiger partial charge is 0.225 e. The Morgan fingerprint density at radius 2 is 2.00 bits per heavy atom. The van der Waals surface area contributed by atoms with Crippen LogP contribution in [0.25, 0.3) is 0 Å². The predicted octanol–water partition coefficient (Wildman–Crippen LogP) is 1.72. The van der Waals surface area contributed by atoms with E-state index < -0.39 is 27.6 Å². The molecule has 2 rings (SSSR count). The summed E-state index contributed by atoms with van der Waals surface area (Å²) in [5, 5.41) is 2.41. The Morgan fingerprint density at radius 3 is 2.52 bits per heavy atom. The van der Waals surface area contributed by atoms with Gasteiger partial charge in [-0.2, -0.15) is 4.31 Å². The number of sulfonamides is 1. The Kier molecular flexibility index (Phi) is 4.58. The van der Waals surface area contributed by atoms with E-state index in [1.54, 1.807) is 0 Å². The van der Waals surface area contributed by atoms with Crippen molar-refractivity contribution < 1.29 is 22.0 Å². The first kappa shape index (κ1) is 15.8. The van der Waals surface area contributed by atoms with E-state index >= 15 is 0 Å². The van der Waals surface area contributed by atoms with Crippen LogP contribution in [0.1, 0.15) is 19.3 Å². The first-order valence-electron chi connectivity index (χ1n) is 6.49. The number of hydrogen-bond acceptors (Lipinski definition) is 3. The topological polar surface area (TPSA) is 66.5 Å². The molecule has 0 saturated heterocycles. The van der Waals surface area contributed by atoms with Crippen LogP contribution >= 0.6 is 0 Å². The molecule has 1 aromatic rings. The second-order valence-corrected chi connectivity index (χ2v) is 6.97. The molecule has 0 spiro atoms. The minimum absolute atomic E-state index is 0.0175. The van der Waals surface area contributed by atoms with Crippen molar-refractivity contribution >= 4 is 21.6 Å². The molecule has 5 nitrogen and oxygen atoms in total. The molecule has 1 aliphatic carbocycles. The number of carbonyl (C=O) groups excluding carboxylic acids is 1. The van der Waals surface area contributed by atoms with Gasteiger partial charge >= 0.3 is 0 Å². The van der Waals surface area contributed by atoms with Gasteiger partial charge in [-0.3, -0.25) is 4.79 Å². The Bertz CT molecular complexity index is 645. The summed E-state index contributed by atoms with van der Waals surface area (Å²) in [6.07, 6.45) is 2.68. The molecule has 0 radical (unpaired) electrons. The normalized spacial score (nSPS) is 15.2. The van der Waals surface area contributed by atoms with Gasteiger partial charge in [0.15, 0.2) is 11.6 Å². The van der Waals surface area contributed by atoms with Crippen molar-refractivity contribution in [2.75, 3.05) is 18.1 Å². The molecule has 0 aliphatic heterocycles. The molecule has 8 heteroatoms. The van der Waals surface area contributed by atoms with E-state index in [2.05, 4.69) is 5.32 Å². The molecule has 21 heavy (non-hydrogen) atoms. The summed E-state index contributed by atoms with van der Waals surface area (Å²) in [5.74, 6) is -2.50. The lowest BCUT2D eigenvalue weighted by Crippen LogP contribution is -2.34. The first-order valence-corrected chi connectivity index (χ1v) is 8.34. The van der Waals surface area contributed by atoms with Crippen molar-refractivity contribution in [3.8, 4) is 0 Å². The lowest BCUT2D eigenvalue weighted by Gasteiger charge is -2.18. The Morgan fingerprint density at radius 1 is 1.33 bits per heavy atom. The fourth-order valence-electron chi connectivity index (χ4n) is 1.99. The SMILES string of the molecule is CS(=O)(=O)N(CCC(=O)Nc1ccc(F)c(F)c1)C1CC1. The number of anilines is 1. The summed E-state index contributed by atoms with van der Waals surface area (Å²) in [5.41, 5.74) is 0.135. The predicted molar refractivity (Wildman–Crippen MR) is 74.2 cm³/mol. The quantitative estimate of drug-likeness (QED) is 0.868. The second-order valence-electron chi connectivity index (χ2n) is 5.03. The molecule has 0 unspecified atom stereocenters. The number of nitrogens with zero attached hydrogens (tertiary/aromatic N) is 1. The molecule has 0 bridgehead atoms. The fraction of sp³-hybridized carbons (Fsp3) is 0.462. The number of hydrogen-bond donors (Lipinski definition) is 1. The highest BCUT2D eigenvalue weighted by Crippen LogP contribution is 2.28. The molecule has 1 aliphatic rings. The molecule has 1 aromatic carbocycles. The minimum atomic E-state index is -3.34. The maximum absolute atomic E-state index is 13.0. The van der Waals surface area contributed by atoms with Gasteiger partial charge in [-0.1, -0.05) is 0 Å². The van der Waals surface area contributed by atoms with Gasteiger partial charge in [0, 0.05) is 30.8 Å². The monoisotopic (exact) mass is 318 g/mol. The lowest BCUT2D eigenvalue weighted by atomic mass is 10.3. The average molecular weight is 318 g/mol. The van der Waals surface area contributed by atoms with Gasteiger partial charge in [0.2, 0.25) is 15.9 Å². The number of rotatable bonds is 6. The van der Waals surface area contributed by atoms with Crippen molar-refractivity contribution in [2.24, 2.45) is 0 Å². The molecule has 1 fully saturated rings. The fourth-order valence-corrected chi connectivity index (χ4v) is 3.17. The Balaban J connectivity index is 1.91. The van der Waals surface area contributed by atoms with Crippen molar-refractivity contribution in [2.45, 2.75) is 25.3 Å². The zero-order chi connectivity index (χ0) is 15.6. The highest BCUT2D eigenvalue weighted by Gasteiger charge is 2.34. The molecule has 0 heterocycles. The van der Waals surface area contributed by atoms with Gasteiger partial charge < -0.3 is 5.32 Å². The molecule has 1 N–H and O–H groups in total. The molecule has 1 saturated carbocycles. The van der Waals surface area contributed by atoms with Crippen molar-refractivity contribution in [1.29, 1.82) is 0 Å². The van der Waals surface area contributed by atoms with Crippen LogP contribution in [0.5, 0.6) is 0 Å². The summed E-state index contributed by atoms with van der Waals surface area (Å²) in [7, 11) is -3.34. The van der Waals surface area contributed by atoms with E-state index in [4.69, 9.17) is 0 Å². The number of nitrogens with one attached hydrogen (secondary N) is 1. The van der Waals surface area contributed by atoms with E-state index in [9.17, 15) is 22.0 Å². The van der Waals surface area contributed by atoms with Gasteiger partial charge in [-0.15, -0.1) is 0 Å². The van der Waals surface area contributed by atoms with Crippen LogP contribution in [-0.4, -0.2) is 37.5 Å². The summed E-state index contributed by atoms with van der Waals surface area (Å²) in [4.78, 5) is 11.7. The number of carbonyl (C=O) groups is 1. The molecule has 0 atom stereocenters. The van der Waals surface area contributed by atoms with Gasteiger partial charge in [0.05, 0.1) is 6.26 Å². The third-order valence-corrected chi connectivity index (χ3v) is 4.48. The van der Waals surface area contributed by atoms with Crippen molar-refractivity contribution in [3.05, 3.63) is 29.8 Å². The van der Waals surface area contributed by atoms with Gasteiger partial charge in [0.25, 0.3) is 0 Å². The Hall–Kier alpha value is -1.54. The third-order valence-electron chi connectivity index (χ3n) is 3.14. The van der Waals surface area contributed by atoms with Crippen LogP contribution in [-0.2, 0) is 14.8 Å². The van der Waals surface area contributed by atoms with Crippen LogP contribution in [0.15, 0.2) is 18.2 Å². The molecule has 1 amide bonds.